The summed E-state index contributed by atoms with van der Waals surface area (Å²) in [5.41, 5.74) is 1.14. The SMILES string of the molecule is CC1=CC(=O)[C@H](/C=C/Cc2cc3ccccc3s2)[C@H]1C/C=C\CCCC(=O)O. The van der Waals surface area contributed by atoms with Crippen LogP contribution in [0.5, 0.6) is 0 Å². The number of fused-ring (bicyclic) bond motifs is 1. The van der Waals surface area contributed by atoms with E-state index < -0.39 is 5.97 Å². The molecule has 1 aliphatic rings. The van der Waals surface area contributed by atoms with Gasteiger partial charge in [0.2, 0.25) is 0 Å². The maximum absolute atomic E-state index is 12.4. The summed E-state index contributed by atoms with van der Waals surface area (Å²) in [6.45, 7) is 2.03. The molecule has 1 N–H and O–H groups in total. The molecular weight excluding hydrogens is 368 g/mol. The summed E-state index contributed by atoms with van der Waals surface area (Å²) in [6, 6.07) is 10.6. The predicted molar refractivity (Wildman–Crippen MR) is 116 cm³/mol. The third-order valence-corrected chi connectivity index (χ3v) is 6.31. The summed E-state index contributed by atoms with van der Waals surface area (Å²) in [4.78, 5) is 24.2. The van der Waals surface area contributed by atoms with Gasteiger partial charge in [0.1, 0.15) is 0 Å². The summed E-state index contributed by atoms with van der Waals surface area (Å²) >= 11 is 1.80. The van der Waals surface area contributed by atoms with Crippen molar-refractivity contribution in [1.29, 1.82) is 0 Å². The van der Waals surface area contributed by atoms with E-state index >= 15 is 0 Å². The highest BCUT2D eigenvalue weighted by Gasteiger charge is 2.31. The summed E-state index contributed by atoms with van der Waals surface area (Å²) in [6.07, 6.45) is 13.4. The van der Waals surface area contributed by atoms with E-state index in [2.05, 4.69) is 48.6 Å². The monoisotopic (exact) mass is 394 g/mol. The molecule has 3 rings (SSSR count). The van der Waals surface area contributed by atoms with E-state index in [-0.39, 0.29) is 24.0 Å². The van der Waals surface area contributed by atoms with Crippen LogP contribution >= 0.6 is 11.3 Å². The molecule has 3 nitrogen and oxygen atoms in total. The van der Waals surface area contributed by atoms with E-state index in [1.807, 2.05) is 13.0 Å². The molecule has 0 fully saturated rings. The standard InChI is InChI=1S/C24H26O3S/c1-17-15-22(25)21(20(17)11-4-2-3-5-14-24(26)27)12-8-10-19-16-18-9-6-7-13-23(18)28-19/h2,4,6-9,12-13,15-16,20-21H,3,5,10-11,14H2,1H3,(H,26,27)/b4-2-,12-8+/t20-,21+/m0/s1. The Kier molecular flexibility index (Phi) is 6.99. The first-order chi connectivity index (χ1) is 13.5. The lowest BCUT2D eigenvalue weighted by atomic mass is 9.87. The molecule has 1 aromatic heterocycles. The normalized spacial score (nSPS) is 19.9. The Hall–Kier alpha value is -2.46. The Balaban J connectivity index is 1.56. The van der Waals surface area contributed by atoms with Crippen molar-refractivity contribution < 1.29 is 14.7 Å². The second kappa shape index (κ2) is 9.65. The van der Waals surface area contributed by atoms with Gasteiger partial charge in [-0.15, -0.1) is 11.3 Å². The first-order valence-corrected chi connectivity index (χ1v) is 10.6. The number of ketones is 1. The number of aliphatic carboxylic acids is 1. The van der Waals surface area contributed by atoms with Crippen LogP contribution in [0.15, 0.2) is 66.3 Å². The molecular formula is C24H26O3S. The van der Waals surface area contributed by atoms with E-state index in [0.29, 0.717) is 6.42 Å². The fourth-order valence-corrected chi connectivity index (χ4v) is 4.71. The van der Waals surface area contributed by atoms with Crippen LogP contribution in [0.3, 0.4) is 0 Å². The molecule has 0 aliphatic heterocycles. The Bertz CT molecular complexity index is 899. The largest absolute Gasteiger partial charge is 0.481 e. The van der Waals surface area contributed by atoms with E-state index in [4.69, 9.17) is 5.11 Å². The fourth-order valence-electron chi connectivity index (χ4n) is 3.67. The average molecular weight is 395 g/mol. The van der Waals surface area contributed by atoms with E-state index in [1.165, 1.54) is 15.0 Å². The predicted octanol–water partition coefficient (Wildman–Crippen LogP) is 5.96. The van der Waals surface area contributed by atoms with Gasteiger partial charge in [-0.05, 0) is 62.1 Å². The smallest absolute Gasteiger partial charge is 0.303 e. The fraction of sp³-hybridized carbons (Fsp3) is 0.333. The number of hydrogen-bond donors (Lipinski definition) is 1. The first kappa shape index (κ1) is 20.3. The molecule has 28 heavy (non-hydrogen) atoms. The summed E-state index contributed by atoms with van der Waals surface area (Å²) in [5.74, 6) is -0.438. The zero-order chi connectivity index (χ0) is 19.9. The summed E-state index contributed by atoms with van der Waals surface area (Å²) < 4.78 is 1.30. The van der Waals surface area contributed by atoms with Gasteiger partial charge in [0, 0.05) is 21.9 Å². The van der Waals surface area contributed by atoms with Gasteiger partial charge in [0.15, 0.2) is 5.78 Å². The lowest BCUT2D eigenvalue weighted by Gasteiger charge is -2.15. The Morgan fingerprint density at radius 2 is 2.04 bits per heavy atom. The van der Waals surface area contributed by atoms with E-state index in [1.54, 1.807) is 17.4 Å². The Morgan fingerprint density at radius 3 is 2.82 bits per heavy atom. The first-order valence-electron chi connectivity index (χ1n) is 9.77. The molecule has 1 heterocycles. The van der Waals surface area contributed by atoms with Gasteiger partial charge in [-0.25, -0.2) is 0 Å². The van der Waals surface area contributed by atoms with Crippen LogP contribution in [0.1, 0.15) is 37.5 Å². The minimum absolute atomic E-state index is 0.0851. The lowest BCUT2D eigenvalue weighted by molar-refractivity contribution is -0.137. The third kappa shape index (κ3) is 5.29. The molecule has 1 aliphatic carbocycles. The number of rotatable bonds is 9. The van der Waals surface area contributed by atoms with Gasteiger partial charge < -0.3 is 5.11 Å². The molecule has 0 spiro atoms. The van der Waals surface area contributed by atoms with Crippen LogP contribution in [0.25, 0.3) is 10.1 Å². The number of carboxylic acid groups (broad SMARTS) is 1. The highest BCUT2D eigenvalue weighted by molar-refractivity contribution is 7.19. The van der Waals surface area contributed by atoms with Crippen molar-refractivity contribution in [1.82, 2.24) is 0 Å². The summed E-state index contributed by atoms with van der Waals surface area (Å²) in [7, 11) is 0. The van der Waals surface area contributed by atoms with Crippen molar-refractivity contribution in [2.45, 2.75) is 39.0 Å². The van der Waals surface area contributed by atoms with E-state index in [0.717, 1.165) is 24.8 Å². The van der Waals surface area contributed by atoms with Crippen LogP contribution in [0.4, 0.5) is 0 Å². The molecule has 146 valence electrons. The van der Waals surface area contributed by atoms with Crippen molar-refractivity contribution in [3.8, 4) is 0 Å². The van der Waals surface area contributed by atoms with Crippen molar-refractivity contribution in [3.63, 3.8) is 0 Å². The quantitative estimate of drug-likeness (QED) is 0.421. The van der Waals surface area contributed by atoms with Gasteiger partial charge in [-0.2, -0.15) is 0 Å². The highest BCUT2D eigenvalue weighted by atomic mass is 32.1. The maximum Gasteiger partial charge on any atom is 0.303 e. The maximum atomic E-state index is 12.4. The average Bonchev–Trinajstić information content (AvgIpc) is 3.18. The molecule has 0 saturated carbocycles. The molecule has 0 saturated heterocycles. The number of carboxylic acids is 1. The zero-order valence-electron chi connectivity index (χ0n) is 16.1. The Morgan fingerprint density at radius 1 is 1.21 bits per heavy atom. The molecule has 0 amide bonds. The number of unbranched alkanes of at least 4 members (excludes halogenated alkanes) is 1. The summed E-state index contributed by atoms with van der Waals surface area (Å²) in [5, 5.41) is 9.95. The molecule has 2 atom stereocenters. The van der Waals surface area contributed by atoms with Crippen molar-refractivity contribution in [3.05, 3.63) is 71.2 Å². The van der Waals surface area contributed by atoms with Crippen LogP contribution in [0, 0.1) is 11.8 Å². The Labute approximate surface area is 170 Å². The van der Waals surface area contributed by atoms with Crippen LogP contribution < -0.4 is 0 Å². The van der Waals surface area contributed by atoms with Gasteiger partial charge >= 0.3 is 5.97 Å². The second-order valence-electron chi connectivity index (χ2n) is 7.30. The van der Waals surface area contributed by atoms with Crippen molar-refractivity contribution in [2.24, 2.45) is 11.8 Å². The molecule has 4 heteroatoms. The van der Waals surface area contributed by atoms with Crippen LogP contribution in [-0.4, -0.2) is 16.9 Å². The second-order valence-corrected chi connectivity index (χ2v) is 8.47. The number of allylic oxidation sites excluding steroid dienone is 6. The highest BCUT2D eigenvalue weighted by Crippen LogP contribution is 2.34. The molecule has 0 bridgehead atoms. The zero-order valence-corrected chi connectivity index (χ0v) is 17.0. The number of hydrogen-bond acceptors (Lipinski definition) is 3. The minimum Gasteiger partial charge on any atom is -0.481 e. The number of thiophene rings is 1. The van der Waals surface area contributed by atoms with Crippen molar-refractivity contribution in [2.75, 3.05) is 0 Å². The topological polar surface area (TPSA) is 54.4 Å². The molecule has 0 unspecified atom stereocenters. The minimum atomic E-state index is -0.752. The van der Waals surface area contributed by atoms with Crippen LogP contribution in [0.2, 0.25) is 0 Å². The molecule has 0 radical (unpaired) electrons. The third-order valence-electron chi connectivity index (χ3n) is 5.17. The van der Waals surface area contributed by atoms with Crippen LogP contribution in [-0.2, 0) is 16.0 Å². The number of carbonyl (C=O) groups excluding carboxylic acids is 1. The molecule has 2 aromatic rings. The van der Waals surface area contributed by atoms with Gasteiger partial charge in [0.05, 0.1) is 0 Å². The van der Waals surface area contributed by atoms with Crippen molar-refractivity contribution >= 4 is 33.2 Å². The molecule has 1 aromatic carbocycles. The number of benzene rings is 1. The van der Waals surface area contributed by atoms with Gasteiger partial charge in [-0.1, -0.05) is 48.1 Å². The van der Waals surface area contributed by atoms with Gasteiger partial charge in [-0.3, -0.25) is 9.59 Å². The van der Waals surface area contributed by atoms with E-state index in [9.17, 15) is 9.59 Å². The number of carbonyl (C=O) groups is 2. The van der Waals surface area contributed by atoms with Gasteiger partial charge in [0.25, 0.3) is 0 Å². The lowest BCUT2D eigenvalue weighted by Crippen LogP contribution is -2.14.